The molecule has 3 nitrogen and oxygen atoms in total. The Labute approximate surface area is 452 Å². The molecule has 3 heterocycles. The van der Waals surface area contributed by atoms with Crippen molar-refractivity contribution in [1.29, 1.82) is 0 Å². The van der Waals surface area contributed by atoms with Crippen LogP contribution in [0.5, 0.6) is 0 Å². The van der Waals surface area contributed by atoms with Crippen LogP contribution >= 0.6 is 0 Å². The van der Waals surface area contributed by atoms with E-state index < -0.39 is 0 Å². The smallest absolute Gasteiger partial charge is 0.297 e. The largest absolute Gasteiger partial charge is 0.468 e. The summed E-state index contributed by atoms with van der Waals surface area (Å²) in [6.45, 7) is 39.4. The third-order valence-electron chi connectivity index (χ3n) is 22.7. The Morgan fingerprint density at radius 2 is 0.987 bits per heavy atom. The van der Waals surface area contributed by atoms with Gasteiger partial charge in [0.15, 0.2) is 0 Å². The van der Waals surface area contributed by atoms with Gasteiger partial charge in [-0.15, -0.1) is 0 Å². The highest BCUT2D eigenvalue weighted by molar-refractivity contribution is 7.00. The molecular formula is C71H87BN2O. The topological polar surface area (TPSA) is 19.6 Å². The number of benzene rings is 5. The first kappa shape index (κ1) is 48.7. The Hall–Kier alpha value is -4.70. The summed E-state index contributed by atoms with van der Waals surface area (Å²) in [6, 6.07) is 31.3. The summed E-state index contributed by atoms with van der Waals surface area (Å²) >= 11 is 0. The minimum Gasteiger partial charge on any atom is -0.468 e. The molecule has 4 saturated carbocycles. The van der Waals surface area contributed by atoms with Crippen LogP contribution in [-0.4, -0.2) is 6.71 Å². The third-order valence-corrected chi connectivity index (χ3v) is 22.7. The highest BCUT2D eigenvalue weighted by atomic mass is 16.3. The van der Waals surface area contributed by atoms with E-state index in [1.54, 1.807) is 5.56 Å². The Morgan fingerprint density at radius 3 is 1.53 bits per heavy atom. The Balaban J connectivity index is 1.14. The first-order chi connectivity index (χ1) is 35.1. The van der Waals surface area contributed by atoms with Crippen LogP contribution in [0.2, 0.25) is 0 Å². The average Bonchev–Trinajstić information content (AvgIpc) is 3.79. The van der Waals surface area contributed by atoms with Gasteiger partial charge in [-0.1, -0.05) is 128 Å². The minimum absolute atomic E-state index is 0.0395. The van der Waals surface area contributed by atoms with Gasteiger partial charge in [0, 0.05) is 33.8 Å². The molecular weight excluding hydrogens is 908 g/mol. The lowest BCUT2D eigenvalue weighted by atomic mass is 9.35. The van der Waals surface area contributed by atoms with Crippen molar-refractivity contribution in [2.75, 3.05) is 9.80 Å². The number of aryl methyl sites for hydroxylation is 1. The highest BCUT2D eigenvalue weighted by Crippen LogP contribution is 2.63. The maximum absolute atomic E-state index is 7.89. The molecule has 4 bridgehead atoms. The summed E-state index contributed by atoms with van der Waals surface area (Å²) in [5.41, 5.74) is 26.8. The molecule has 390 valence electrons. The van der Waals surface area contributed by atoms with Crippen molar-refractivity contribution < 1.29 is 4.42 Å². The van der Waals surface area contributed by atoms with Crippen LogP contribution in [0.4, 0.5) is 34.1 Å². The molecule has 4 heteroatoms. The minimum atomic E-state index is -0.0864. The lowest BCUT2D eigenvalue weighted by Crippen LogP contribution is -2.61. The summed E-state index contributed by atoms with van der Waals surface area (Å²) in [5, 5.41) is 1.27. The Morgan fingerprint density at radius 1 is 0.493 bits per heavy atom. The van der Waals surface area contributed by atoms with Crippen LogP contribution in [0.15, 0.2) is 77.2 Å². The van der Waals surface area contributed by atoms with Gasteiger partial charge < -0.3 is 14.2 Å². The molecule has 0 atom stereocenters. The molecule has 7 aliphatic carbocycles. The average molecular weight is 995 g/mol. The van der Waals surface area contributed by atoms with Crippen molar-refractivity contribution in [3.05, 3.63) is 123 Å². The molecule has 0 N–H and O–H groups in total. The van der Waals surface area contributed by atoms with Gasteiger partial charge in [-0.2, -0.15) is 0 Å². The normalized spacial score (nSPS) is 27.3. The lowest BCUT2D eigenvalue weighted by Gasteiger charge is -2.57. The summed E-state index contributed by atoms with van der Waals surface area (Å²) in [4.78, 5) is 5.58. The highest BCUT2D eigenvalue weighted by Gasteiger charge is 2.55. The first-order valence-electron chi connectivity index (χ1n) is 29.9. The van der Waals surface area contributed by atoms with E-state index in [0.717, 1.165) is 29.0 Å². The summed E-state index contributed by atoms with van der Waals surface area (Å²) in [6.07, 6.45) is 15.4. The van der Waals surface area contributed by atoms with E-state index in [1.165, 1.54) is 172 Å². The van der Waals surface area contributed by atoms with Gasteiger partial charge in [-0.05, 0) is 255 Å². The SMILES string of the molecule is Cc1cc(C(C)(C)C)ccc1N1c2cc3c(cc2B2c4oc5cc6c(cc5c4N(c4ccc5c(c4)C(C)(C)CCC5(C)C)c4cc(C57CC8CC(CC(C8)C5)C7)cc1c42)C(C)(C)CCC6(C)C)C(C)(C)CCC3(C)C. The molecule has 5 aromatic carbocycles. The maximum atomic E-state index is 7.89. The molecule has 1 aromatic heterocycles. The van der Waals surface area contributed by atoms with Crippen molar-refractivity contribution in [3.8, 4) is 0 Å². The number of anilines is 6. The standard InChI is InChI=1S/C71H87BN2O/c1-41-27-45(64(2,3)4)17-20-56(41)74-57-36-53-52(68(11,12)24-25-69(53,13)14)35-55(57)72-61-58(31-46(32-59(61)74)71-38-42-28-43(39-71)30-44(29-42)40-71)73(47-18-19-49-50(33-47)66(7,8)22-21-65(49,5)6)62-48-34-51-54(37-60(48)75-63(62)72)70(15,16)26-23-67(51,9)10/h17-20,27,31-37,42-44H,21-26,28-30,38-40H2,1-16H3. The predicted molar refractivity (Wildman–Crippen MR) is 319 cm³/mol. The van der Waals surface area contributed by atoms with E-state index >= 15 is 0 Å². The molecule has 4 fully saturated rings. The molecule has 0 amide bonds. The predicted octanol–water partition coefficient (Wildman–Crippen LogP) is 17.6. The van der Waals surface area contributed by atoms with E-state index in [4.69, 9.17) is 4.42 Å². The maximum Gasteiger partial charge on any atom is 0.297 e. The fraction of sp³-hybridized carbons (Fsp3) is 0.549. The van der Waals surface area contributed by atoms with Gasteiger partial charge in [0.05, 0.1) is 11.3 Å². The second-order valence-electron chi connectivity index (χ2n) is 31.7. The number of fused-ring (bicyclic) bond motifs is 9. The van der Waals surface area contributed by atoms with Crippen LogP contribution in [-0.2, 0) is 43.3 Å². The summed E-state index contributed by atoms with van der Waals surface area (Å²) < 4.78 is 7.89. The molecule has 0 saturated heterocycles. The van der Waals surface area contributed by atoms with Gasteiger partial charge in [-0.25, -0.2) is 0 Å². The van der Waals surface area contributed by atoms with Crippen molar-refractivity contribution >= 4 is 68.4 Å². The van der Waals surface area contributed by atoms with Crippen LogP contribution in [0, 0.1) is 24.7 Å². The first-order valence-corrected chi connectivity index (χ1v) is 29.9. The zero-order valence-corrected chi connectivity index (χ0v) is 49.0. The van der Waals surface area contributed by atoms with E-state index in [-0.39, 0.29) is 50.0 Å². The van der Waals surface area contributed by atoms with Crippen LogP contribution < -0.4 is 26.4 Å². The van der Waals surface area contributed by atoms with Gasteiger partial charge >= 0.3 is 0 Å². The molecule has 0 radical (unpaired) electrons. The van der Waals surface area contributed by atoms with Crippen molar-refractivity contribution in [2.45, 2.75) is 231 Å². The summed E-state index contributed by atoms with van der Waals surface area (Å²) in [5.74, 6) is 2.51. The van der Waals surface area contributed by atoms with Gasteiger partial charge in [0.1, 0.15) is 5.58 Å². The van der Waals surface area contributed by atoms with Gasteiger partial charge in [0.25, 0.3) is 6.71 Å². The quantitative estimate of drug-likeness (QED) is 0.165. The molecule has 15 rings (SSSR count). The van der Waals surface area contributed by atoms with Gasteiger partial charge in [0.2, 0.25) is 0 Å². The number of nitrogens with zero attached hydrogens (tertiary/aromatic N) is 2. The second kappa shape index (κ2) is 15.1. The zero-order chi connectivity index (χ0) is 52.7. The van der Waals surface area contributed by atoms with Crippen LogP contribution in [0.1, 0.15) is 231 Å². The Bertz CT molecular complexity index is 3420. The van der Waals surface area contributed by atoms with Crippen molar-refractivity contribution in [3.63, 3.8) is 0 Å². The van der Waals surface area contributed by atoms with Crippen molar-refractivity contribution in [1.82, 2.24) is 0 Å². The monoisotopic (exact) mass is 995 g/mol. The molecule has 2 aliphatic heterocycles. The second-order valence-corrected chi connectivity index (χ2v) is 31.7. The molecule has 6 aromatic rings. The molecule has 0 unspecified atom stereocenters. The number of rotatable bonds is 3. The number of hydrogen-bond donors (Lipinski definition) is 0. The van der Waals surface area contributed by atoms with Crippen LogP contribution in [0.3, 0.4) is 0 Å². The zero-order valence-electron chi connectivity index (χ0n) is 49.0. The number of hydrogen-bond acceptors (Lipinski definition) is 3. The lowest BCUT2D eigenvalue weighted by molar-refractivity contribution is -0.00514. The summed E-state index contributed by atoms with van der Waals surface area (Å²) in [7, 11) is 0. The fourth-order valence-electron chi connectivity index (χ4n) is 18.0. The fourth-order valence-corrected chi connectivity index (χ4v) is 18.0. The molecule has 0 spiro atoms. The van der Waals surface area contributed by atoms with E-state index in [2.05, 4.69) is 193 Å². The van der Waals surface area contributed by atoms with E-state index in [1.807, 2.05) is 0 Å². The molecule has 75 heavy (non-hydrogen) atoms. The Kier molecular flexibility index (Phi) is 9.80. The van der Waals surface area contributed by atoms with Crippen LogP contribution in [0.25, 0.3) is 11.0 Å². The third kappa shape index (κ3) is 6.90. The molecule has 9 aliphatic rings. The van der Waals surface area contributed by atoms with E-state index in [0.29, 0.717) is 0 Å². The van der Waals surface area contributed by atoms with Crippen molar-refractivity contribution in [2.24, 2.45) is 17.8 Å². The van der Waals surface area contributed by atoms with E-state index in [9.17, 15) is 0 Å². The number of furan rings is 1. The van der Waals surface area contributed by atoms with Gasteiger partial charge in [-0.3, -0.25) is 0 Å².